The number of likely N-dealkylation sites (tertiary alicyclic amines) is 1. The van der Waals surface area contributed by atoms with Crippen molar-refractivity contribution in [2.75, 3.05) is 33.8 Å². The number of nitrogens with zero attached hydrogens (tertiary/aromatic N) is 2. The maximum Gasteiger partial charge on any atom is 0.295 e. The minimum atomic E-state index is -0.669. The van der Waals surface area contributed by atoms with E-state index in [1.165, 1.54) is 0 Å². The van der Waals surface area contributed by atoms with Gasteiger partial charge in [0.25, 0.3) is 11.7 Å². The van der Waals surface area contributed by atoms with Crippen LogP contribution in [0.3, 0.4) is 0 Å². The van der Waals surface area contributed by atoms with Gasteiger partial charge in [0.2, 0.25) is 0 Å². The summed E-state index contributed by atoms with van der Waals surface area (Å²) in [5, 5.41) is 11.1. The van der Waals surface area contributed by atoms with Crippen molar-refractivity contribution in [3.8, 4) is 5.75 Å². The van der Waals surface area contributed by atoms with E-state index in [2.05, 4.69) is 22.9 Å². The second-order valence-electron chi connectivity index (χ2n) is 8.07. The van der Waals surface area contributed by atoms with E-state index in [0.29, 0.717) is 31.0 Å². The first kappa shape index (κ1) is 24.0. The van der Waals surface area contributed by atoms with Crippen LogP contribution in [0.25, 0.3) is 5.76 Å². The zero-order chi connectivity index (χ0) is 23.3. The average Bonchev–Trinajstić information content (AvgIpc) is 3.03. The minimum absolute atomic E-state index is 0.107. The van der Waals surface area contributed by atoms with Gasteiger partial charge in [-0.05, 0) is 62.5 Å². The Kier molecular flexibility index (Phi) is 8.10. The van der Waals surface area contributed by atoms with Crippen molar-refractivity contribution < 1.29 is 19.4 Å². The number of benzene rings is 2. The number of aliphatic hydroxyl groups is 1. The lowest BCUT2D eigenvalue weighted by atomic mass is 9.95. The van der Waals surface area contributed by atoms with E-state index in [9.17, 15) is 14.7 Å². The van der Waals surface area contributed by atoms with Gasteiger partial charge in [0.15, 0.2) is 0 Å². The number of unbranched alkanes of at least 4 members (excludes halogenated alkanes) is 1. The Hall–Kier alpha value is -2.64. The van der Waals surface area contributed by atoms with E-state index in [4.69, 9.17) is 4.74 Å². The third-order valence-electron chi connectivity index (χ3n) is 5.41. The fraction of sp³-hybridized carbons (Fsp3) is 0.360. The van der Waals surface area contributed by atoms with Crippen molar-refractivity contribution in [3.63, 3.8) is 0 Å². The normalized spacial score (nSPS) is 17.9. The van der Waals surface area contributed by atoms with Crippen molar-refractivity contribution >= 4 is 33.4 Å². The molecule has 1 amide bonds. The van der Waals surface area contributed by atoms with Gasteiger partial charge in [-0.25, -0.2) is 0 Å². The molecule has 0 bridgehead atoms. The van der Waals surface area contributed by atoms with Crippen LogP contribution in [0.2, 0.25) is 0 Å². The molecule has 0 saturated carbocycles. The fourth-order valence-corrected chi connectivity index (χ4v) is 3.87. The van der Waals surface area contributed by atoms with Gasteiger partial charge >= 0.3 is 0 Å². The van der Waals surface area contributed by atoms with Crippen molar-refractivity contribution in [1.29, 1.82) is 0 Å². The largest absolute Gasteiger partial charge is 0.507 e. The molecule has 6 nitrogen and oxygen atoms in total. The molecule has 1 atom stereocenters. The number of ether oxygens (including phenoxy) is 1. The standard InChI is InChI=1S/C25H29BrN2O4/c1-4-5-16-32-20-12-8-18(9-13-20)23(29)21-22(17-6-10-19(26)11-7-17)28(15-14-27(2)3)25(31)24(21)30/h6-13,22,29H,4-5,14-16H2,1-3H3/b23-21+. The van der Waals surface area contributed by atoms with Crippen LogP contribution in [0.1, 0.15) is 36.9 Å². The van der Waals surface area contributed by atoms with E-state index in [0.717, 1.165) is 22.9 Å². The molecule has 1 saturated heterocycles. The molecule has 2 aromatic carbocycles. The van der Waals surface area contributed by atoms with Gasteiger partial charge in [0.1, 0.15) is 11.5 Å². The summed E-state index contributed by atoms with van der Waals surface area (Å²) in [7, 11) is 3.82. The van der Waals surface area contributed by atoms with Crippen LogP contribution >= 0.6 is 15.9 Å². The number of ketones is 1. The Morgan fingerprint density at radius 2 is 1.75 bits per heavy atom. The molecule has 0 aliphatic carbocycles. The Labute approximate surface area is 197 Å². The Balaban J connectivity index is 2.00. The van der Waals surface area contributed by atoms with Crippen molar-refractivity contribution in [2.45, 2.75) is 25.8 Å². The summed E-state index contributed by atoms with van der Waals surface area (Å²) < 4.78 is 6.58. The van der Waals surface area contributed by atoms with Crippen LogP contribution in [0.5, 0.6) is 5.75 Å². The molecule has 1 heterocycles. The van der Waals surface area contributed by atoms with Crippen LogP contribution in [-0.4, -0.2) is 60.4 Å². The molecule has 2 aromatic rings. The number of carbonyl (C=O) groups excluding carboxylic acids is 2. The molecular formula is C25H29BrN2O4. The predicted molar refractivity (Wildman–Crippen MR) is 129 cm³/mol. The number of halogens is 1. The smallest absolute Gasteiger partial charge is 0.295 e. The fourth-order valence-electron chi connectivity index (χ4n) is 3.61. The number of hydrogen-bond acceptors (Lipinski definition) is 5. The van der Waals surface area contributed by atoms with Crippen LogP contribution in [-0.2, 0) is 9.59 Å². The summed E-state index contributed by atoms with van der Waals surface area (Å²) in [5.41, 5.74) is 1.35. The molecule has 1 unspecified atom stereocenters. The number of aliphatic hydroxyl groups excluding tert-OH is 1. The first-order valence-electron chi connectivity index (χ1n) is 10.7. The summed E-state index contributed by atoms with van der Waals surface area (Å²) in [6, 6.07) is 13.8. The van der Waals surface area contributed by atoms with Gasteiger partial charge in [-0.15, -0.1) is 0 Å². The molecule has 1 aliphatic rings. The van der Waals surface area contributed by atoms with E-state index in [1.807, 2.05) is 43.3 Å². The van der Waals surface area contributed by atoms with Crippen molar-refractivity contribution in [1.82, 2.24) is 9.80 Å². The number of amides is 1. The maximum absolute atomic E-state index is 13.0. The van der Waals surface area contributed by atoms with Gasteiger partial charge in [-0.2, -0.15) is 0 Å². The zero-order valence-corrected chi connectivity index (χ0v) is 20.3. The van der Waals surface area contributed by atoms with Crippen molar-refractivity contribution in [3.05, 3.63) is 69.7 Å². The highest BCUT2D eigenvalue weighted by Gasteiger charge is 2.45. The third-order valence-corrected chi connectivity index (χ3v) is 5.94. The first-order chi connectivity index (χ1) is 15.3. The number of rotatable bonds is 9. The average molecular weight is 501 g/mol. The van der Waals surface area contributed by atoms with Gasteiger partial charge in [-0.3, -0.25) is 9.59 Å². The molecule has 7 heteroatoms. The lowest BCUT2D eigenvalue weighted by Gasteiger charge is -2.26. The van der Waals surface area contributed by atoms with Gasteiger partial charge in [-0.1, -0.05) is 41.4 Å². The first-order valence-corrected chi connectivity index (χ1v) is 11.5. The molecule has 3 rings (SSSR count). The Bertz CT molecular complexity index is 984. The third kappa shape index (κ3) is 5.40. The molecule has 0 spiro atoms. The van der Waals surface area contributed by atoms with Crippen LogP contribution in [0.15, 0.2) is 58.6 Å². The number of carbonyl (C=O) groups is 2. The summed E-state index contributed by atoms with van der Waals surface area (Å²) in [6.07, 6.45) is 2.01. The van der Waals surface area contributed by atoms with Gasteiger partial charge < -0.3 is 19.6 Å². The predicted octanol–water partition coefficient (Wildman–Crippen LogP) is 4.61. The SMILES string of the molecule is CCCCOc1ccc(/C(O)=C2\C(=O)C(=O)N(CCN(C)C)C2c2ccc(Br)cc2)cc1. The molecule has 1 aliphatic heterocycles. The van der Waals surface area contributed by atoms with Crippen LogP contribution in [0, 0.1) is 0 Å². The highest BCUT2D eigenvalue weighted by atomic mass is 79.9. The van der Waals surface area contributed by atoms with Gasteiger partial charge in [0.05, 0.1) is 18.2 Å². The van der Waals surface area contributed by atoms with Crippen LogP contribution < -0.4 is 4.74 Å². The molecule has 0 aromatic heterocycles. The lowest BCUT2D eigenvalue weighted by molar-refractivity contribution is -0.140. The molecule has 1 fully saturated rings. The number of likely N-dealkylation sites (N-methyl/N-ethyl adjacent to an activating group) is 1. The second-order valence-corrected chi connectivity index (χ2v) is 8.99. The van der Waals surface area contributed by atoms with Gasteiger partial charge in [0, 0.05) is 23.1 Å². The maximum atomic E-state index is 13.0. The molecule has 1 N–H and O–H groups in total. The monoisotopic (exact) mass is 500 g/mol. The van der Waals surface area contributed by atoms with E-state index >= 15 is 0 Å². The van der Waals surface area contributed by atoms with E-state index in [1.54, 1.807) is 29.2 Å². The van der Waals surface area contributed by atoms with E-state index in [-0.39, 0.29) is 11.3 Å². The summed E-state index contributed by atoms with van der Waals surface area (Å²) in [6.45, 7) is 3.70. The molecule has 170 valence electrons. The summed E-state index contributed by atoms with van der Waals surface area (Å²) in [5.74, 6) is -0.743. The Morgan fingerprint density at radius 3 is 2.34 bits per heavy atom. The highest BCUT2D eigenvalue weighted by molar-refractivity contribution is 9.10. The summed E-state index contributed by atoms with van der Waals surface area (Å²) in [4.78, 5) is 29.4. The van der Waals surface area contributed by atoms with Crippen LogP contribution in [0.4, 0.5) is 0 Å². The number of hydrogen-bond donors (Lipinski definition) is 1. The number of Topliss-reactive ketones (excluding diaryl/α,β-unsaturated/α-hetero) is 1. The molecule has 32 heavy (non-hydrogen) atoms. The topological polar surface area (TPSA) is 70.1 Å². The Morgan fingerprint density at radius 1 is 1.09 bits per heavy atom. The second kappa shape index (κ2) is 10.8. The summed E-state index contributed by atoms with van der Waals surface area (Å²) >= 11 is 3.43. The zero-order valence-electron chi connectivity index (χ0n) is 18.7. The minimum Gasteiger partial charge on any atom is -0.507 e. The quantitative estimate of drug-likeness (QED) is 0.235. The molecular weight excluding hydrogens is 472 g/mol. The lowest BCUT2D eigenvalue weighted by Crippen LogP contribution is -2.35. The highest BCUT2D eigenvalue weighted by Crippen LogP contribution is 2.39. The van der Waals surface area contributed by atoms with E-state index < -0.39 is 17.7 Å². The van der Waals surface area contributed by atoms with Crippen molar-refractivity contribution in [2.24, 2.45) is 0 Å². The molecule has 0 radical (unpaired) electrons.